The largest absolute Gasteiger partial charge is 0.490 e. The maximum Gasteiger partial charge on any atom is 0.293 e. The van der Waals surface area contributed by atoms with Gasteiger partial charge in [-0.3, -0.25) is 4.79 Å². The fourth-order valence-electron chi connectivity index (χ4n) is 1.57. The molecule has 2 rings (SSSR count). The lowest BCUT2D eigenvalue weighted by molar-refractivity contribution is 0.408. The second-order valence-corrected chi connectivity index (χ2v) is 3.45. The number of H-pyrrole nitrogens is 1. The number of hydrogen-bond acceptors (Lipinski definition) is 4. The Hall–Kier alpha value is -2.68. The van der Waals surface area contributed by atoms with Crippen molar-refractivity contribution in [2.24, 2.45) is 0 Å². The quantitative estimate of drug-likeness (QED) is 0.868. The van der Waals surface area contributed by atoms with Crippen LogP contribution in [0.1, 0.15) is 5.56 Å². The van der Waals surface area contributed by atoms with Crippen LogP contribution in [-0.2, 0) is 0 Å². The van der Waals surface area contributed by atoms with E-state index in [4.69, 9.17) is 10.00 Å². The Morgan fingerprint density at radius 3 is 2.89 bits per heavy atom. The zero-order valence-electron chi connectivity index (χ0n) is 9.40. The minimum atomic E-state index is -0.576. The van der Waals surface area contributed by atoms with Crippen LogP contribution in [0.3, 0.4) is 0 Å². The van der Waals surface area contributed by atoms with Gasteiger partial charge in [0.1, 0.15) is 11.5 Å². The van der Waals surface area contributed by atoms with Gasteiger partial charge in [-0.2, -0.15) is 5.26 Å². The summed E-state index contributed by atoms with van der Waals surface area (Å²) in [5.74, 6) is -0.597. The fourth-order valence-corrected chi connectivity index (χ4v) is 1.57. The van der Waals surface area contributed by atoms with E-state index in [1.165, 1.54) is 25.6 Å². The lowest BCUT2D eigenvalue weighted by Gasteiger charge is -2.06. The van der Waals surface area contributed by atoms with E-state index in [0.29, 0.717) is 5.56 Å². The minimum Gasteiger partial charge on any atom is -0.490 e. The molecule has 0 saturated carbocycles. The van der Waals surface area contributed by atoms with Crippen LogP contribution in [0.2, 0.25) is 0 Å². The van der Waals surface area contributed by atoms with Crippen molar-refractivity contribution in [3.05, 3.63) is 46.3 Å². The average molecular weight is 245 g/mol. The van der Waals surface area contributed by atoms with Gasteiger partial charge in [0.25, 0.3) is 5.56 Å². The van der Waals surface area contributed by atoms with Gasteiger partial charge in [0.2, 0.25) is 5.75 Å². The van der Waals surface area contributed by atoms with Crippen LogP contribution in [0.25, 0.3) is 11.3 Å². The van der Waals surface area contributed by atoms with E-state index in [0.717, 1.165) is 6.07 Å². The number of hydrogen-bond donors (Lipinski definition) is 1. The molecule has 0 amide bonds. The third-order valence-corrected chi connectivity index (χ3v) is 2.32. The van der Waals surface area contributed by atoms with E-state index in [1.54, 1.807) is 0 Å². The van der Waals surface area contributed by atoms with Crippen LogP contribution in [0, 0.1) is 17.1 Å². The van der Waals surface area contributed by atoms with Crippen molar-refractivity contribution in [3.63, 3.8) is 0 Å². The molecule has 0 saturated heterocycles. The van der Waals surface area contributed by atoms with Crippen molar-refractivity contribution in [2.45, 2.75) is 0 Å². The summed E-state index contributed by atoms with van der Waals surface area (Å²) in [5.41, 5.74) is 0.186. The van der Waals surface area contributed by atoms with Crippen molar-refractivity contribution < 1.29 is 9.13 Å². The summed E-state index contributed by atoms with van der Waals surface area (Å²) >= 11 is 0. The van der Waals surface area contributed by atoms with Crippen LogP contribution in [0.5, 0.6) is 5.75 Å². The highest BCUT2D eigenvalue weighted by molar-refractivity contribution is 5.67. The number of aromatic amines is 1. The standard InChI is InChI=1S/C12H8FN3O2/c1-18-11-10(15-6-16-12(11)17)8-2-7(5-14)3-9(13)4-8/h2-4,6H,1H3,(H,15,16,17). The molecular formula is C12H8FN3O2. The third-order valence-electron chi connectivity index (χ3n) is 2.32. The molecule has 0 bridgehead atoms. The predicted molar refractivity (Wildman–Crippen MR) is 61.5 cm³/mol. The Labute approximate surface area is 101 Å². The number of rotatable bonds is 2. The summed E-state index contributed by atoms with van der Waals surface area (Å²) in [6.07, 6.45) is 1.19. The van der Waals surface area contributed by atoms with Crippen LogP contribution in [-0.4, -0.2) is 17.1 Å². The number of halogens is 1. The van der Waals surface area contributed by atoms with E-state index >= 15 is 0 Å². The van der Waals surface area contributed by atoms with Gasteiger partial charge in [-0.25, -0.2) is 9.37 Å². The predicted octanol–water partition coefficient (Wildman–Crippen LogP) is 1.46. The maximum atomic E-state index is 13.3. The number of methoxy groups -OCH3 is 1. The summed E-state index contributed by atoms with van der Waals surface area (Å²) in [6.45, 7) is 0. The first kappa shape index (κ1) is 11.8. The van der Waals surface area contributed by atoms with E-state index in [-0.39, 0.29) is 17.0 Å². The van der Waals surface area contributed by atoms with E-state index < -0.39 is 11.4 Å². The molecule has 2 aromatic rings. The first-order valence-electron chi connectivity index (χ1n) is 4.98. The van der Waals surface area contributed by atoms with Crippen LogP contribution < -0.4 is 10.3 Å². The minimum absolute atomic E-state index is 0.0213. The number of benzene rings is 1. The highest BCUT2D eigenvalue weighted by Gasteiger charge is 2.13. The first-order chi connectivity index (χ1) is 8.65. The van der Waals surface area contributed by atoms with Gasteiger partial charge in [0.05, 0.1) is 25.1 Å². The van der Waals surface area contributed by atoms with Crippen molar-refractivity contribution in [1.82, 2.24) is 9.97 Å². The van der Waals surface area contributed by atoms with Crippen LogP contribution in [0.4, 0.5) is 4.39 Å². The number of nitrogens with zero attached hydrogens (tertiary/aromatic N) is 2. The molecule has 0 radical (unpaired) electrons. The topological polar surface area (TPSA) is 78.8 Å². The molecule has 1 aromatic heterocycles. The van der Waals surface area contributed by atoms with E-state index in [2.05, 4.69) is 9.97 Å². The molecular weight excluding hydrogens is 237 g/mol. The molecule has 0 aliphatic heterocycles. The lowest BCUT2D eigenvalue weighted by Crippen LogP contribution is -2.11. The Morgan fingerprint density at radius 1 is 1.44 bits per heavy atom. The van der Waals surface area contributed by atoms with Gasteiger partial charge in [-0.05, 0) is 18.2 Å². The van der Waals surface area contributed by atoms with Crippen molar-refractivity contribution in [2.75, 3.05) is 7.11 Å². The molecule has 90 valence electrons. The van der Waals surface area contributed by atoms with E-state index in [9.17, 15) is 9.18 Å². The Balaban J connectivity index is 2.70. The van der Waals surface area contributed by atoms with Gasteiger partial charge >= 0.3 is 0 Å². The molecule has 0 fully saturated rings. The molecule has 0 unspecified atom stereocenters. The maximum absolute atomic E-state index is 13.3. The highest BCUT2D eigenvalue weighted by atomic mass is 19.1. The molecule has 18 heavy (non-hydrogen) atoms. The van der Waals surface area contributed by atoms with Crippen LogP contribution in [0.15, 0.2) is 29.3 Å². The Bertz CT molecular complexity index is 688. The molecule has 0 atom stereocenters. The SMILES string of the molecule is COc1c(-c2cc(F)cc(C#N)c2)nc[nH]c1=O. The molecule has 0 aliphatic rings. The fraction of sp³-hybridized carbons (Fsp3) is 0.0833. The number of ether oxygens (including phenoxy) is 1. The van der Waals surface area contributed by atoms with Gasteiger partial charge in [-0.1, -0.05) is 0 Å². The Morgan fingerprint density at radius 2 is 2.22 bits per heavy atom. The lowest BCUT2D eigenvalue weighted by atomic mass is 10.1. The van der Waals surface area contributed by atoms with Crippen molar-refractivity contribution in [1.29, 1.82) is 5.26 Å². The highest BCUT2D eigenvalue weighted by Crippen LogP contribution is 2.25. The monoisotopic (exact) mass is 245 g/mol. The summed E-state index contributed by atoms with van der Waals surface area (Å²) in [7, 11) is 1.32. The zero-order valence-corrected chi connectivity index (χ0v) is 9.40. The molecule has 1 N–H and O–H groups in total. The van der Waals surface area contributed by atoms with Gasteiger partial charge in [0.15, 0.2) is 0 Å². The molecule has 5 nitrogen and oxygen atoms in total. The van der Waals surface area contributed by atoms with Gasteiger partial charge < -0.3 is 9.72 Å². The van der Waals surface area contributed by atoms with Crippen molar-refractivity contribution >= 4 is 0 Å². The number of nitriles is 1. The van der Waals surface area contributed by atoms with E-state index in [1.807, 2.05) is 6.07 Å². The zero-order chi connectivity index (χ0) is 13.1. The summed E-state index contributed by atoms with van der Waals surface area (Å²) in [5, 5.41) is 8.78. The molecule has 0 spiro atoms. The second-order valence-electron chi connectivity index (χ2n) is 3.45. The summed E-state index contributed by atoms with van der Waals surface area (Å²) in [6, 6.07) is 5.56. The summed E-state index contributed by atoms with van der Waals surface area (Å²) in [4.78, 5) is 17.8. The number of nitrogens with one attached hydrogen (secondary N) is 1. The third kappa shape index (κ3) is 2.06. The number of aromatic nitrogens is 2. The first-order valence-corrected chi connectivity index (χ1v) is 4.98. The van der Waals surface area contributed by atoms with Crippen molar-refractivity contribution in [3.8, 4) is 23.1 Å². The van der Waals surface area contributed by atoms with Gasteiger partial charge in [0, 0.05) is 5.56 Å². The molecule has 6 heteroatoms. The van der Waals surface area contributed by atoms with Gasteiger partial charge in [-0.15, -0.1) is 0 Å². The smallest absolute Gasteiger partial charge is 0.293 e. The second kappa shape index (κ2) is 4.67. The molecule has 1 heterocycles. The van der Waals surface area contributed by atoms with Crippen LogP contribution >= 0.6 is 0 Å². The molecule has 0 aliphatic carbocycles. The average Bonchev–Trinajstić information content (AvgIpc) is 2.37. The molecule has 1 aromatic carbocycles. The summed E-state index contributed by atoms with van der Waals surface area (Å²) < 4.78 is 18.3. The Kier molecular flexibility index (Phi) is 3.06. The normalized spacial score (nSPS) is 9.83.